The molecule has 1 aliphatic carbocycles. The minimum atomic E-state index is 0.349. The highest BCUT2D eigenvalue weighted by atomic mass is 16.1. The van der Waals surface area contributed by atoms with Crippen LogP contribution < -0.4 is 0 Å². The molecule has 0 spiro atoms. The van der Waals surface area contributed by atoms with E-state index in [4.69, 9.17) is 0 Å². The van der Waals surface area contributed by atoms with E-state index in [1.165, 1.54) is 38.5 Å². The molecule has 0 aromatic carbocycles. The Kier molecular flexibility index (Phi) is 4.34. The summed E-state index contributed by atoms with van der Waals surface area (Å²) in [5, 5.41) is 0. The lowest BCUT2D eigenvalue weighted by Crippen LogP contribution is -1.94. The van der Waals surface area contributed by atoms with Crippen molar-refractivity contribution < 1.29 is 4.79 Å². The molecule has 0 amide bonds. The first-order valence-corrected chi connectivity index (χ1v) is 5.28. The third kappa shape index (κ3) is 3.89. The van der Waals surface area contributed by atoms with Crippen LogP contribution in [-0.4, -0.2) is 5.78 Å². The van der Waals surface area contributed by atoms with Crippen molar-refractivity contribution in [2.45, 2.75) is 58.3 Å². The highest BCUT2D eigenvalue weighted by molar-refractivity contribution is 5.75. The van der Waals surface area contributed by atoms with E-state index in [1.54, 1.807) is 6.92 Å². The summed E-state index contributed by atoms with van der Waals surface area (Å²) < 4.78 is 0. The molecule has 70 valence electrons. The van der Waals surface area contributed by atoms with Crippen molar-refractivity contribution in [3.8, 4) is 0 Å². The predicted octanol–water partition coefficient (Wildman–Crippen LogP) is 3.33. The Bertz CT molecular complexity index is 134. The second-order valence-corrected chi connectivity index (χ2v) is 4.10. The molecule has 0 unspecified atom stereocenters. The van der Waals surface area contributed by atoms with Gasteiger partial charge in [0.2, 0.25) is 0 Å². The number of hydrogen-bond donors (Lipinski definition) is 0. The summed E-state index contributed by atoms with van der Waals surface area (Å²) >= 11 is 0. The zero-order valence-electron chi connectivity index (χ0n) is 8.14. The number of carbonyl (C=O) groups excluding carboxylic acids is 1. The number of unbranched alkanes of at least 4 members (excludes halogenated alkanes) is 1. The summed E-state index contributed by atoms with van der Waals surface area (Å²) in [5.41, 5.74) is 0. The van der Waals surface area contributed by atoms with Crippen molar-refractivity contribution in [1.29, 1.82) is 0 Å². The summed E-state index contributed by atoms with van der Waals surface area (Å²) in [4.78, 5) is 10.6. The van der Waals surface area contributed by atoms with Crippen LogP contribution in [0.15, 0.2) is 0 Å². The molecule has 1 heteroatoms. The van der Waals surface area contributed by atoms with Gasteiger partial charge in [0.05, 0.1) is 0 Å². The molecule has 0 saturated heterocycles. The van der Waals surface area contributed by atoms with Gasteiger partial charge in [0.15, 0.2) is 0 Å². The Labute approximate surface area is 75.5 Å². The van der Waals surface area contributed by atoms with E-state index in [0.717, 1.165) is 18.8 Å². The lowest BCUT2D eigenvalue weighted by molar-refractivity contribution is -0.117. The van der Waals surface area contributed by atoms with Gasteiger partial charge >= 0.3 is 0 Å². The molecule has 1 saturated carbocycles. The molecular weight excluding hydrogens is 148 g/mol. The molecule has 1 fully saturated rings. The standard InChI is InChI=1S/C11H20O/c1-10(12)6-2-3-7-11-8-4-5-9-11/h11H,2-9H2,1H3. The van der Waals surface area contributed by atoms with Gasteiger partial charge in [-0.1, -0.05) is 38.5 Å². The molecule has 0 aromatic heterocycles. The summed E-state index contributed by atoms with van der Waals surface area (Å²) in [7, 11) is 0. The van der Waals surface area contributed by atoms with Crippen LogP contribution in [0.25, 0.3) is 0 Å². The SMILES string of the molecule is CC(=O)CCCCC1CCCC1. The summed E-state index contributed by atoms with van der Waals surface area (Å²) in [6.45, 7) is 1.69. The predicted molar refractivity (Wildman–Crippen MR) is 51.1 cm³/mol. The number of Topliss-reactive ketones (excluding diaryl/α,β-unsaturated/α-hetero) is 1. The Morgan fingerprint density at radius 1 is 1.25 bits per heavy atom. The molecular formula is C11H20O. The maximum atomic E-state index is 10.6. The zero-order valence-corrected chi connectivity index (χ0v) is 8.14. The van der Waals surface area contributed by atoms with Crippen LogP contribution >= 0.6 is 0 Å². The first-order valence-electron chi connectivity index (χ1n) is 5.28. The second kappa shape index (κ2) is 5.34. The second-order valence-electron chi connectivity index (χ2n) is 4.10. The van der Waals surface area contributed by atoms with Gasteiger partial charge in [-0.3, -0.25) is 0 Å². The van der Waals surface area contributed by atoms with Crippen molar-refractivity contribution in [2.24, 2.45) is 5.92 Å². The average molecular weight is 168 g/mol. The van der Waals surface area contributed by atoms with Crippen LogP contribution in [-0.2, 0) is 4.79 Å². The normalized spacial score (nSPS) is 18.4. The Balaban J connectivity index is 1.91. The van der Waals surface area contributed by atoms with Crippen molar-refractivity contribution >= 4 is 5.78 Å². The maximum Gasteiger partial charge on any atom is 0.129 e. The van der Waals surface area contributed by atoms with Gasteiger partial charge in [0, 0.05) is 6.42 Å². The molecule has 0 aliphatic heterocycles. The van der Waals surface area contributed by atoms with Gasteiger partial charge in [-0.05, 0) is 19.3 Å². The van der Waals surface area contributed by atoms with Crippen LogP contribution in [0.5, 0.6) is 0 Å². The molecule has 1 rings (SSSR count). The third-order valence-electron chi connectivity index (χ3n) is 2.87. The monoisotopic (exact) mass is 168 g/mol. The van der Waals surface area contributed by atoms with E-state index in [2.05, 4.69) is 0 Å². The smallest absolute Gasteiger partial charge is 0.129 e. The van der Waals surface area contributed by atoms with Crippen LogP contribution in [0.2, 0.25) is 0 Å². The van der Waals surface area contributed by atoms with E-state index < -0.39 is 0 Å². The lowest BCUT2D eigenvalue weighted by atomic mass is 9.99. The fraction of sp³-hybridized carbons (Fsp3) is 0.909. The Hall–Kier alpha value is -0.330. The van der Waals surface area contributed by atoms with Gasteiger partial charge in [0.1, 0.15) is 5.78 Å². The number of ketones is 1. The van der Waals surface area contributed by atoms with Crippen molar-refractivity contribution in [3.63, 3.8) is 0 Å². The molecule has 12 heavy (non-hydrogen) atoms. The molecule has 0 heterocycles. The number of hydrogen-bond acceptors (Lipinski definition) is 1. The highest BCUT2D eigenvalue weighted by Crippen LogP contribution is 2.28. The van der Waals surface area contributed by atoms with Crippen LogP contribution in [0.1, 0.15) is 58.3 Å². The van der Waals surface area contributed by atoms with E-state index >= 15 is 0 Å². The van der Waals surface area contributed by atoms with Gasteiger partial charge in [-0.15, -0.1) is 0 Å². The van der Waals surface area contributed by atoms with Gasteiger partial charge in [0.25, 0.3) is 0 Å². The number of carbonyl (C=O) groups is 1. The fourth-order valence-corrected chi connectivity index (χ4v) is 2.11. The van der Waals surface area contributed by atoms with E-state index in [9.17, 15) is 4.79 Å². The van der Waals surface area contributed by atoms with Gasteiger partial charge in [-0.25, -0.2) is 0 Å². The minimum absolute atomic E-state index is 0.349. The van der Waals surface area contributed by atoms with E-state index in [0.29, 0.717) is 5.78 Å². The summed E-state index contributed by atoms with van der Waals surface area (Å²) in [5.74, 6) is 1.35. The van der Waals surface area contributed by atoms with Gasteiger partial charge in [-0.2, -0.15) is 0 Å². The van der Waals surface area contributed by atoms with Crippen LogP contribution in [0.3, 0.4) is 0 Å². The summed E-state index contributed by atoms with van der Waals surface area (Å²) in [6.07, 6.45) is 10.3. The molecule has 1 nitrogen and oxygen atoms in total. The quantitative estimate of drug-likeness (QED) is 0.575. The van der Waals surface area contributed by atoms with Crippen LogP contribution in [0, 0.1) is 5.92 Å². The van der Waals surface area contributed by atoms with Crippen LogP contribution in [0.4, 0.5) is 0 Å². The molecule has 0 N–H and O–H groups in total. The first kappa shape index (κ1) is 9.76. The van der Waals surface area contributed by atoms with Gasteiger partial charge < -0.3 is 4.79 Å². The highest BCUT2D eigenvalue weighted by Gasteiger charge is 2.13. The largest absolute Gasteiger partial charge is 0.300 e. The van der Waals surface area contributed by atoms with E-state index in [1.807, 2.05) is 0 Å². The molecule has 0 aromatic rings. The van der Waals surface area contributed by atoms with E-state index in [-0.39, 0.29) is 0 Å². The fourth-order valence-electron chi connectivity index (χ4n) is 2.11. The number of rotatable bonds is 5. The average Bonchev–Trinajstić information content (AvgIpc) is 2.49. The molecule has 0 atom stereocenters. The Morgan fingerprint density at radius 2 is 1.92 bits per heavy atom. The van der Waals surface area contributed by atoms with Crippen molar-refractivity contribution in [2.75, 3.05) is 0 Å². The zero-order chi connectivity index (χ0) is 8.81. The molecule has 1 aliphatic rings. The minimum Gasteiger partial charge on any atom is -0.300 e. The maximum absolute atomic E-state index is 10.6. The van der Waals surface area contributed by atoms with Crippen molar-refractivity contribution in [3.05, 3.63) is 0 Å². The topological polar surface area (TPSA) is 17.1 Å². The molecule has 0 radical (unpaired) electrons. The lowest BCUT2D eigenvalue weighted by Gasteiger charge is -2.06. The molecule has 0 bridgehead atoms. The third-order valence-corrected chi connectivity index (χ3v) is 2.87. The Morgan fingerprint density at radius 3 is 2.50 bits per heavy atom. The summed E-state index contributed by atoms with van der Waals surface area (Å²) in [6, 6.07) is 0. The van der Waals surface area contributed by atoms with Crippen molar-refractivity contribution in [1.82, 2.24) is 0 Å². The first-order chi connectivity index (χ1) is 5.79.